The third-order valence-electron chi connectivity index (χ3n) is 3.34. The highest BCUT2D eigenvalue weighted by Gasteiger charge is 2.32. The zero-order chi connectivity index (χ0) is 13.9. The van der Waals surface area contributed by atoms with Crippen molar-refractivity contribution >= 4 is 5.91 Å². The van der Waals surface area contributed by atoms with E-state index >= 15 is 0 Å². The molecule has 8 nitrogen and oxygen atoms in total. The molecule has 2 aromatic rings. The first kappa shape index (κ1) is 12.8. The fourth-order valence-electron chi connectivity index (χ4n) is 2.32. The van der Waals surface area contributed by atoms with Gasteiger partial charge in [-0.25, -0.2) is 4.98 Å². The molecule has 106 valence electrons. The monoisotopic (exact) mass is 276 g/mol. The molecule has 1 amide bonds. The van der Waals surface area contributed by atoms with Crippen LogP contribution >= 0.6 is 0 Å². The Bertz CT molecular complexity index is 579. The van der Waals surface area contributed by atoms with Gasteiger partial charge in [0.25, 0.3) is 5.91 Å². The summed E-state index contributed by atoms with van der Waals surface area (Å²) < 4.78 is 7.55. The molecule has 2 atom stereocenters. The van der Waals surface area contributed by atoms with Gasteiger partial charge in [-0.3, -0.25) is 14.6 Å². The fourth-order valence-corrected chi connectivity index (χ4v) is 2.32. The van der Waals surface area contributed by atoms with E-state index in [0.717, 1.165) is 18.5 Å². The minimum Gasteiger partial charge on any atom is -0.371 e. The lowest BCUT2D eigenvalue weighted by Crippen LogP contribution is -2.37. The van der Waals surface area contributed by atoms with E-state index in [4.69, 9.17) is 4.74 Å². The van der Waals surface area contributed by atoms with Crippen molar-refractivity contribution in [3.8, 4) is 0 Å². The number of H-pyrrole nitrogens is 1. The number of ether oxygens (including phenoxy) is 1. The summed E-state index contributed by atoms with van der Waals surface area (Å²) in [6.45, 7) is 3.45. The summed E-state index contributed by atoms with van der Waals surface area (Å²) in [5.74, 6) is -0.0641. The summed E-state index contributed by atoms with van der Waals surface area (Å²) in [6, 6.07) is -0.0814. The molecule has 3 rings (SSSR count). The third kappa shape index (κ3) is 2.42. The van der Waals surface area contributed by atoms with Crippen molar-refractivity contribution in [3.63, 3.8) is 0 Å². The maximum Gasteiger partial charge on any atom is 0.288 e. The molecular weight excluding hydrogens is 260 g/mol. The Morgan fingerprint density at radius 1 is 1.65 bits per heavy atom. The number of carbonyl (C=O) groups excluding carboxylic acids is 1. The van der Waals surface area contributed by atoms with E-state index < -0.39 is 0 Å². The Hall–Kier alpha value is -2.22. The molecule has 2 aromatic heterocycles. The van der Waals surface area contributed by atoms with Crippen molar-refractivity contribution in [1.29, 1.82) is 0 Å². The van der Waals surface area contributed by atoms with Gasteiger partial charge in [0.1, 0.15) is 12.4 Å². The summed E-state index contributed by atoms with van der Waals surface area (Å²) in [7, 11) is 0. The van der Waals surface area contributed by atoms with Crippen molar-refractivity contribution in [2.45, 2.75) is 32.0 Å². The summed E-state index contributed by atoms with van der Waals surface area (Å²) in [6.07, 6.45) is 5.64. The predicted octanol–water partition coefficient (Wildman–Crippen LogP) is 0.281. The number of nitrogens with zero attached hydrogens (tertiary/aromatic N) is 4. The van der Waals surface area contributed by atoms with E-state index in [0.29, 0.717) is 6.61 Å². The van der Waals surface area contributed by atoms with Crippen LogP contribution < -0.4 is 5.32 Å². The van der Waals surface area contributed by atoms with Crippen LogP contribution in [0, 0.1) is 0 Å². The fraction of sp³-hybridized carbons (Fsp3) is 0.500. The van der Waals surface area contributed by atoms with Gasteiger partial charge < -0.3 is 10.1 Å². The number of rotatable bonds is 4. The predicted molar refractivity (Wildman–Crippen MR) is 68.8 cm³/mol. The Labute approximate surface area is 115 Å². The van der Waals surface area contributed by atoms with Crippen molar-refractivity contribution in [2.24, 2.45) is 0 Å². The first-order valence-electron chi connectivity index (χ1n) is 6.58. The number of amides is 1. The van der Waals surface area contributed by atoms with Crippen LogP contribution in [0.15, 0.2) is 18.7 Å². The lowest BCUT2D eigenvalue weighted by atomic mass is 10.1. The lowest BCUT2D eigenvalue weighted by molar-refractivity contribution is 0.0814. The number of hydrogen-bond donors (Lipinski definition) is 2. The van der Waals surface area contributed by atoms with E-state index in [9.17, 15) is 4.79 Å². The van der Waals surface area contributed by atoms with Gasteiger partial charge in [-0.2, -0.15) is 10.2 Å². The van der Waals surface area contributed by atoms with Gasteiger partial charge in [-0.05, 0) is 13.3 Å². The quantitative estimate of drug-likeness (QED) is 0.836. The van der Waals surface area contributed by atoms with Crippen LogP contribution in [-0.4, -0.2) is 43.5 Å². The summed E-state index contributed by atoms with van der Waals surface area (Å²) in [4.78, 5) is 15.8. The van der Waals surface area contributed by atoms with Gasteiger partial charge in [0.15, 0.2) is 0 Å². The maximum atomic E-state index is 12.0. The van der Waals surface area contributed by atoms with Crippen molar-refractivity contribution < 1.29 is 9.53 Å². The molecule has 0 radical (unpaired) electrons. The minimum atomic E-state index is -0.272. The number of hydrogen-bond acceptors (Lipinski definition) is 5. The Morgan fingerprint density at radius 2 is 2.55 bits per heavy atom. The second-order valence-electron chi connectivity index (χ2n) is 4.62. The highest BCUT2D eigenvalue weighted by Crippen LogP contribution is 2.28. The topological polar surface area (TPSA) is 97.7 Å². The van der Waals surface area contributed by atoms with Crippen LogP contribution in [0.2, 0.25) is 0 Å². The van der Waals surface area contributed by atoms with Gasteiger partial charge in [0, 0.05) is 24.9 Å². The van der Waals surface area contributed by atoms with Crippen LogP contribution in [0.3, 0.4) is 0 Å². The van der Waals surface area contributed by atoms with Crippen molar-refractivity contribution in [2.75, 3.05) is 6.61 Å². The van der Waals surface area contributed by atoms with Gasteiger partial charge in [0.05, 0.1) is 12.2 Å². The van der Waals surface area contributed by atoms with E-state index in [2.05, 4.69) is 25.6 Å². The van der Waals surface area contributed by atoms with Crippen LogP contribution in [0.4, 0.5) is 0 Å². The lowest BCUT2D eigenvalue weighted by Gasteiger charge is -2.17. The van der Waals surface area contributed by atoms with E-state index in [-0.39, 0.29) is 23.9 Å². The minimum absolute atomic E-state index is 0.0814. The molecule has 1 saturated heterocycles. The van der Waals surface area contributed by atoms with Crippen molar-refractivity contribution in [3.05, 3.63) is 30.1 Å². The average Bonchev–Trinajstić information content (AvgIpc) is 3.19. The number of carbonyl (C=O) groups is 1. The highest BCUT2D eigenvalue weighted by atomic mass is 16.5. The molecule has 20 heavy (non-hydrogen) atoms. The molecule has 1 aliphatic heterocycles. The Morgan fingerprint density at radius 3 is 3.25 bits per heavy atom. The van der Waals surface area contributed by atoms with Crippen LogP contribution in [0.5, 0.6) is 0 Å². The Balaban J connectivity index is 1.71. The molecule has 0 spiro atoms. The summed E-state index contributed by atoms with van der Waals surface area (Å²) >= 11 is 0. The van der Waals surface area contributed by atoms with Gasteiger partial charge >= 0.3 is 0 Å². The van der Waals surface area contributed by atoms with E-state index in [1.165, 1.54) is 6.33 Å². The molecule has 0 unspecified atom stereocenters. The Kier molecular flexibility index (Phi) is 3.46. The smallest absolute Gasteiger partial charge is 0.288 e. The maximum absolute atomic E-state index is 12.0. The zero-order valence-electron chi connectivity index (χ0n) is 11.1. The second kappa shape index (κ2) is 5.41. The number of aromatic amines is 1. The molecule has 0 saturated carbocycles. The van der Waals surface area contributed by atoms with Crippen molar-refractivity contribution in [1.82, 2.24) is 30.3 Å². The standard InChI is InChI=1S/C12H16N6O2/c1-2-18-6-8(5-15-18)10-9(3-4-20-10)16-12(19)11-13-7-14-17-11/h5-7,9-10H,2-4H2,1H3,(H,16,19)(H,13,14,17)/t9-,10+/m0/s1. The van der Waals surface area contributed by atoms with Gasteiger partial charge in [0.2, 0.25) is 5.82 Å². The van der Waals surface area contributed by atoms with Crippen LogP contribution in [0.25, 0.3) is 0 Å². The molecule has 2 N–H and O–H groups in total. The third-order valence-corrected chi connectivity index (χ3v) is 3.34. The number of aryl methyl sites for hydroxylation is 1. The molecule has 0 bridgehead atoms. The summed E-state index contributed by atoms with van der Waals surface area (Å²) in [5.41, 5.74) is 0.979. The van der Waals surface area contributed by atoms with E-state index in [1.54, 1.807) is 6.20 Å². The molecular formula is C12H16N6O2. The zero-order valence-corrected chi connectivity index (χ0v) is 11.1. The summed E-state index contributed by atoms with van der Waals surface area (Å²) in [5, 5.41) is 13.4. The first-order valence-corrected chi connectivity index (χ1v) is 6.58. The average molecular weight is 276 g/mol. The molecule has 8 heteroatoms. The number of nitrogens with one attached hydrogen (secondary N) is 2. The molecule has 3 heterocycles. The van der Waals surface area contributed by atoms with Crippen LogP contribution in [0.1, 0.15) is 35.6 Å². The number of aromatic nitrogens is 5. The normalized spacial score (nSPS) is 22.1. The second-order valence-corrected chi connectivity index (χ2v) is 4.62. The largest absolute Gasteiger partial charge is 0.371 e. The van der Waals surface area contributed by atoms with Gasteiger partial charge in [-0.1, -0.05) is 0 Å². The highest BCUT2D eigenvalue weighted by molar-refractivity contribution is 5.90. The molecule has 1 fully saturated rings. The first-order chi connectivity index (χ1) is 9.78. The van der Waals surface area contributed by atoms with Gasteiger partial charge in [-0.15, -0.1) is 0 Å². The van der Waals surface area contributed by atoms with Crippen LogP contribution in [-0.2, 0) is 11.3 Å². The molecule has 0 aromatic carbocycles. The molecule has 1 aliphatic rings. The SMILES string of the molecule is CCn1cc([C@H]2OCC[C@@H]2NC(=O)c2ncn[nH]2)cn1. The molecule has 0 aliphatic carbocycles. The van der Waals surface area contributed by atoms with E-state index in [1.807, 2.05) is 17.8 Å².